The maximum atomic E-state index is 12.9. The normalized spacial score (nSPS) is 15.1. The maximum absolute atomic E-state index is 12.9. The second-order valence-corrected chi connectivity index (χ2v) is 8.76. The van der Waals surface area contributed by atoms with Gasteiger partial charge in [0.1, 0.15) is 0 Å². The molecule has 6 nitrogen and oxygen atoms in total. The molecule has 1 fully saturated rings. The van der Waals surface area contributed by atoms with Gasteiger partial charge in [0, 0.05) is 25.7 Å². The Kier molecular flexibility index (Phi) is 6.40. The van der Waals surface area contributed by atoms with E-state index in [1.165, 1.54) is 5.57 Å². The van der Waals surface area contributed by atoms with Gasteiger partial charge in [0.15, 0.2) is 5.82 Å². The van der Waals surface area contributed by atoms with Gasteiger partial charge < -0.3 is 5.32 Å². The number of benzene rings is 1. The number of nitrogens with zero attached hydrogens (tertiary/aromatic N) is 4. The molecule has 4 rings (SSSR count). The van der Waals surface area contributed by atoms with Crippen molar-refractivity contribution in [3.05, 3.63) is 65.3 Å². The molecule has 30 heavy (non-hydrogen) atoms. The summed E-state index contributed by atoms with van der Waals surface area (Å²) in [5, 5.41) is 9.69. The largest absolute Gasteiger partial charge is 0.346 e. The third-order valence-corrected chi connectivity index (χ3v) is 6.10. The van der Waals surface area contributed by atoms with Crippen molar-refractivity contribution < 1.29 is 4.79 Å². The molecule has 0 saturated carbocycles. The Morgan fingerprint density at radius 2 is 1.93 bits per heavy atom. The van der Waals surface area contributed by atoms with Gasteiger partial charge in [-0.15, -0.1) is 16.4 Å². The molecule has 0 atom stereocenters. The summed E-state index contributed by atoms with van der Waals surface area (Å²) in [7, 11) is 0. The molecule has 1 aliphatic heterocycles. The summed E-state index contributed by atoms with van der Waals surface area (Å²) < 4.78 is 1.75. The van der Waals surface area contributed by atoms with Crippen molar-refractivity contribution >= 4 is 17.2 Å². The number of amides is 1. The van der Waals surface area contributed by atoms with E-state index in [0.717, 1.165) is 43.0 Å². The van der Waals surface area contributed by atoms with E-state index in [-0.39, 0.29) is 17.8 Å². The molecule has 2 aromatic heterocycles. The van der Waals surface area contributed by atoms with E-state index in [9.17, 15) is 4.79 Å². The van der Waals surface area contributed by atoms with Crippen LogP contribution in [0.15, 0.2) is 59.5 Å². The number of hydrogen-bond donors (Lipinski definition) is 1. The second-order valence-electron chi connectivity index (χ2n) is 7.81. The topological polar surface area (TPSA) is 63.1 Å². The molecule has 1 aromatic carbocycles. The first-order valence-corrected chi connectivity index (χ1v) is 11.2. The first-order chi connectivity index (χ1) is 14.6. The highest BCUT2D eigenvalue weighted by Gasteiger charge is 2.24. The van der Waals surface area contributed by atoms with Gasteiger partial charge in [-0.3, -0.25) is 9.69 Å². The van der Waals surface area contributed by atoms with Crippen LogP contribution < -0.4 is 5.32 Å². The smallest absolute Gasteiger partial charge is 0.291 e. The van der Waals surface area contributed by atoms with E-state index >= 15 is 0 Å². The zero-order valence-corrected chi connectivity index (χ0v) is 18.2. The van der Waals surface area contributed by atoms with Gasteiger partial charge in [-0.2, -0.15) is 0 Å². The SMILES string of the molecule is CC(C)=CCN1CCC(NC(=O)c2nc(-c3cccs3)n(-c3ccccc3)n2)CC1. The number of thiophene rings is 1. The first kappa shape index (κ1) is 20.5. The molecule has 3 heterocycles. The number of carbonyl (C=O) groups is 1. The van der Waals surface area contributed by atoms with Crippen molar-refractivity contribution in [2.24, 2.45) is 0 Å². The lowest BCUT2D eigenvalue weighted by molar-refractivity contribution is 0.0903. The Balaban J connectivity index is 1.47. The van der Waals surface area contributed by atoms with Gasteiger partial charge in [0.2, 0.25) is 5.82 Å². The number of hydrogen-bond acceptors (Lipinski definition) is 5. The molecule has 1 N–H and O–H groups in total. The zero-order chi connectivity index (χ0) is 20.9. The van der Waals surface area contributed by atoms with Crippen LogP contribution in [0.2, 0.25) is 0 Å². The summed E-state index contributed by atoms with van der Waals surface area (Å²) >= 11 is 1.59. The summed E-state index contributed by atoms with van der Waals surface area (Å²) in [6.07, 6.45) is 4.14. The molecular weight excluding hydrogens is 394 g/mol. The van der Waals surface area contributed by atoms with Crippen LogP contribution in [0.25, 0.3) is 16.4 Å². The number of aromatic nitrogens is 3. The summed E-state index contributed by atoms with van der Waals surface area (Å²) in [5.74, 6) is 0.706. The Hall–Kier alpha value is -2.77. The van der Waals surface area contributed by atoms with E-state index in [1.54, 1.807) is 16.0 Å². The lowest BCUT2D eigenvalue weighted by atomic mass is 10.0. The second kappa shape index (κ2) is 9.36. The third-order valence-electron chi connectivity index (χ3n) is 5.23. The minimum absolute atomic E-state index is 0.161. The number of carbonyl (C=O) groups excluding carboxylic acids is 1. The fourth-order valence-electron chi connectivity index (χ4n) is 3.54. The van der Waals surface area contributed by atoms with Gasteiger partial charge in [0.05, 0.1) is 10.6 Å². The van der Waals surface area contributed by atoms with Crippen LogP contribution >= 0.6 is 11.3 Å². The lowest BCUT2D eigenvalue weighted by Crippen LogP contribution is -2.44. The number of allylic oxidation sites excluding steroid dienone is 1. The predicted molar refractivity (Wildman–Crippen MR) is 121 cm³/mol. The number of nitrogens with one attached hydrogen (secondary N) is 1. The zero-order valence-electron chi connectivity index (χ0n) is 17.4. The van der Waals surface area contributed by atoms with Crippen molar-refractivity contribution in [1.82, 2.24) is 25.0 Å². The fraction of sp³-hybridized carbons (Fsp3) is 0.348. The van der Waals surface area contributed by atoms with Crippen molar-refractivity contribution in [3.63, 3.8) is 0 Å². The van der Waals surface area contributed by atoms with Gasteiger partial charge in [-0.25, -0.2) is 9.67 Å². The van der Waals surface area contributed by atoms with Crippen LogP contribution in [0.4, 0.5) is 0 Å². The first-order valence-electron chi connectivity index (χ1n) is 10.3. The van der Waals surface area contributed by atoms with E-state index in [0.29, 0.717) is 5.82 Å². The molecule has 0 aliphatic carbocycles. The Bertz CT molecular complexity index is 998. The standard InChI is InChI=1S/C23H27N5OS/c1-17(2)10-13-27-14-11-18(12-15-27)24-23(29)21-25-22(20-9-6-16-30-20)28(26-21)19-7-4-3-5-8-19/h3-10,16,18H,11-15H2,1-2H3,(H,24,29). The predicted octanol–water partition coefficient (Wildman–Crippen LogP) is 4.16. The molecule has 0 unspecified atom stereocenters. The van der Waals surface area contributed by atoms with E-state index < -0.39 is 0 Å². The molecule has 0 radical (unpaired) electrons. The monoisotopic (exact) mass is 421 g/mol. The van der Waals surface area contributed by atoms with Crippen molar-refractivity contribution in [3.8, 4) is 16.4 Å². The van der Waals surface area contributed by atoms with Crippen LogP contribution in [0.1, 0.15) is 37.3 Å². The Labute approximate surface area is 181 Å². The lowest BCUT2D eigenvalue weighted by Gasteiger charge is -2.31. The molecule has 3 aromatic rings. The average molecular weight is 422 g/mol. The fourth-order valence-corrected chi connectivity index (χ4v) is 4.24. The van der Waals surface area contributed by atoms with E-state index in [2.05, 4.69) is 40.2 Å². The van der Waals surface area contributed by atoms with Crippen molar-refractivity contribution in [2.75, 3.05) is 19.6 Å². The van der Waals surface area contributed by atoms with Gasteiger partial charge in [-0.1, -0.05) is 35.9 Å². The maximum Gasteiger partial charge on any atom is 0.291 e. The highest BCUT2D eigenvalue weighted by molar-refractivity contribution is 7.13. The van der Waals surface area contributed by atoms with Gasteiger partial charge >= 0.3 is 0 Å². The van der Waals surface area contributed by atoms with Crippen molar-refractivity contribution in [2.45, 2.75) is 32.7 Å². The number of para-hydroxylation sites is 1. The number of rotatable bonds is 6. The molecule has 1 aliphatic rings. The van der Waals surface area contributed by atoms with Crippen LogP contribution in [0.5, 0.6) is 0 Å². The van der Waals surface area contributed by atoms with Crippen LogP contribution in [0, 0.1) is 0 Å². The minimum Gasteiger partial charge on any atom is -0.346 e. The van der Waals surface area contributed by atoms with Crippen LogP contribution in [-0.4, -0.2) is 51.2 Å². The minimum atomic E-state index is -0.203. The van der Waals surface area contributed by atoms with E-state index in [1.807, 2.05) is 47.8 Å². The Morgan fingerprint density at radius 1 is 1.17 bits per heavy atom. The molecule has 1 saturated heterocycles. The quantitative estimate of drug-likeness (QED) is 0.607. The molecule has 1 amide bonds. The average Bonchev–Trinajstić information content (AvgIpc) is 3.44. The third kappa shape index (κ3) is 4.86. The molecule has 0 spiro atoms. The highest BCUT2D eigenvalue weighted by Crippen LogP contribution is 2.25. The summed E-state index contributed by atoms with van der Waals surface area (Å²) in [5.41, 5.74) is 2.23. The van der Waals surface area contributed by atoms with E-state index in [4.69, 9.17) is 0 Å². The summed E-state index contributed by atoms with van der Waals surface area (Å²) in [4.78, 5) is 20.9. The Morgan fingerprint density at radius 3 is 2.60 bits per heavy atom. The van der Waals surface area contributed by atoms with Gasteiger partial charge in [-0.05, 0) is 50.3 Å². The number of piperidine rings is 1. The highest BCUT2D eigenvalue weighted by atomic mass is 32.1. The molecular formula is C23H27N5OS. The van der Waals surface area contributed by atoms with Crippen LogP contribution in [0.3, 0.4) is 0 Å². The number of likely N-dealkylation sites (tertiary alicyclic amines) is 1. The summed E-state index contributed by atoms with van der Waals surface area (Å²) in [6, 6.07) is 13.9. The van der Waals surface area contributed by atoms with Crippen LogP contribution in [-0.2, 0) is 0 Å². The molecule has 7 heteroatoms. The van der Waals surface area contributed by atoms with Gasteiger partial charge in [0.25, 0.3) is 5.91 Å². The molecule has 0 bridgehead atoms. The summed E-state index contributed by atoms with van der Waals surface area (Å²) in [6.45, 7) is 7.20. The molecule has 156 valence electrons. The van der Waals surface area contributed by atoms with Crippen molar-refractivity contribution in [1.29, 1.82) is 0 Å².